The molecule has 3 atom stereocenters. The molecule has 3 fully saturated rings. The number of aromatic nitrogens is 5. The van der Waals surface area contributed by atoms with Gasteiger partial charge in [-0.2, -0.15) is 32.1 Å². The summed E-state index contributed by atoms with van der Waals surface area (Å²) in [5.74, 6) is -9.25. The van der Waals surface area contributed by atoms with Crippen molar-refractivity contribution in [3.63, 3.8) is 0 Å². The Hall–Kier alpha value is -4.76. The molecule has 4 aliphatic carbocycles. The molecular weight excluding hydrogens is 927 g/mol. The second-order valence-corrected chi connectivity index (χ2v) is 24.0. The van der Waals surface area contributed by atoms with Crippen LogP contribution in [0.4, 0.5) is 36.6 Å². The second kappa shape index (κ2) is 15.1. The normalized spacial score (nSPS) is 20.4. The van der Waals surface area contributed by atoms with Gasteiger partial charge in [0.05, 0.1) is 42.4 Å². The number of hydrogen-bond acceptors (Lipinski definition) is 8. The molecule has 22 heteroatoms. The number of pyridine rings is 1. The highest BCUT2D eigenvalue weighted by molar-refractivity contribution is 7.94. The lowest BCUT2D eigenvalue weighted by atomic mass is 9.93. The summed E-state index contributed by atoms with van der Waals surface area (Å²) in [5, 5.41) is 10.5. The van der Waals surface area contributed by atoms with Crippen molar-refractivity contribution < 1.29 is 52.4 Å². The first kappa shape index (κ1) is 45.4. The van der Waals surface area contributed by atoms with E-state index in [2.05, 4.69) is 20.2 Å². The molecule has 3 aromatic heterocycles. The SMILES string of the molecule is Cn1nc(NS(=O)(=O)C2(C)CC2)c2c(Cl)ccc(-c3ccc(CCC(C)(C)S(=O)(=O)C4CC4)nc3[C@H](Cc3cc(F)cc(F)c3)NC(=O)Cn3nc(C(F)(F)F)c4c3C(F)(F)[C@@H]3CC43)c21. The van der Waals surface area contributed by atoms with E-state index in [9.17, 15) is 43.6 Å². The number of fused-ring (bicyclic) bond motifs is 4. The number of sulfone groups is 1. The summed E-state index contributed by atoms with van der Waals surface area (Å²) in [7, 11) is -5.93. The number of carbonyl (C=O) groups excluding carboxylic acids is 1. The number of carbonyl (C=O) groups is 1. The summed E-state index contributed by atoms with van der Waals surface area (Å²) >= 11 is 6.74. The number of aryl methyl sites for hydroxylation is 2. The molecule has 1 amide bonds. The van der Waals surface area contributed by atoms with Crippen LogP contribution in [0, 0.1) is 17.6 Å². The van der Waals surface area contributed by atoms with Crippen molar-refractivity contribution in [3.05, 3.63) is 93.0 Å². The molecule has 0 saturated heterocycles. The van der Waals surface area contributed by atoms with E-state index in [1.807, 2.05) is 0 Å². The molecule has 0 spiro atoms. The summed E-state index contributed by atoms with van der Waals surface area (Å²) < 4.78 is 159. The minimum Gasteiger partial charge on any atom is -0.346 e. The number of benzene rings is 2. The molecule has 9 rings (SSSR count). The molecule has 3 saturated carbocycles. The first-order chi connectivity index (χ1) is 30.2. The molecule has 0 bridgehead atoms. The fraction of sp³-hybridized carbons (Fsp3) is 0.488. The van der Waals surface area contributed by atoms with Crippen molar-refractivity contribution in [2.75, 3.05) is 4.72 Å². The highest BCUT2D eigenvalue weighted by Gasteiger charge is 2.68. The smallest absolute Gasteiger partial charge is 0.346 e. The largest absolute Gasteiger partial charge is 0.435 e. The van der Waals surface area contributed by atoms with Gasteiger partial charge in [-0.05, 0) is 108 Å². The van der Waals surface area contributed by atoms with Crippen molar-refractivity contribution in [1.29, 1.82) is 0 Å². The van der Waals surface area contributed by atoms with Gasteiger partial charge in [-0.15, -0.1) is 0 Å². The second-order valence-electron chi connectivity index (χ2n) is 18.5. The number of amides is 1. The van der Waals surface area contributed by atoms with E-state index >= 15 is 8.78 Å². The molecule has 5 aromatic rings. The lowest BCUT2D eigenvalue weighted by Gasteiger charge is -2.26. The number of halogens is 8. The van der Waals surface area contributed by atoms with Crippen LogP contribution in [0.15, 0.2) is 42.5 Å². The Bertz CT molecular complexity index is 3020. The maximum atomic E-state index is 15.5. The monoisotopic (exact) mass is 969 g/mol. The number of hydrogen-bond donors (Lipinski definition) is 2. The highest BCUT2D eigenvalue weighted by atomic mass is 35.5. The third-order valence-electron chi connectivity index (χ3n) is 13.3. The number of nitrogens with zero attached hydrogens (tertiary/aromatic N) is 5. The highest BCUT2D eigenvalue weighted by Crippen LogP contribution is 2.68. The van der Waals surface area contributed by atoms with Gasteiger partial charge in [0.2, 0.25) is 15.9 Å². The number of rotatable bonds is 15. The van der Waals surface area contributed by atoms with Gasteiger partial charge in [-0.3, -0.25) is 23.9 Å². The van der Waals surface area contributed by atoms with Crippen molar-refractivity contribution >= 4 is 54.1 Å². The Balaban J connectivity index is 1.17. The predicted octanol–water partition coefficient (Wildman–Crippen LogP) is 8.67. The lowest BCUT2D eigenvalue weighted by Crippen LogP contribution is -2.36. The van der Waals surface area contributed by atoms with Gasteiger partial charge >= 0.3 is 6.18 Å². The van der Waals surface area contributed by atoms with E-state index in [4.69, 9.17) is 16.6 Å². The summed E-state index contributed by atoms with van der Waals surface area (Å²) in [5.41, 5.74) is -1.94. The Labute approximate surface area is 374 Å². The van der Waals surface area contributed by atoms with Crippen LogP contribution in [0.1, 0.15) is 105 Å². The summed E-state index contributed by atoms with van der Waals surface area (Å²) in [6.07, 6.45) is -3.51. The van der Waals surface area contributed by atoms with Crippen molar-refractivity contribution in [1.82, 2.24) is 29.9 Å². The van der Waals surface area contributed by atoms with Gasteiger partial charge in [0.15, 0.2) is 21.3 Å². The Morgan fingerprint density at radius 3 is 2.28 bits per heavy atom. The third kappa shape index (κ3) is 7.95. The first-order valence-corrected chi connectivity index (χ1v) is 24.3. The molecular formula is C43H43ClF7N7O5S2. The van der Waals surface area contributed by atoms with Crippen LogP contribution in [-0.2, 0) is 63.2 Å². The molecule has 0 radical (unpaired) electrons. The van der Waals surface area contributed by atoms with Crippen molar-refractivity contribution in [2.24, 2.45) is 13.0 Å². The predicted molar refractivity (Wildman–Crippen MR) is 226 cm³/mol. The van der Waals surface area contributed by atoms with Gasteiger partial charge in [0.1, 0.15) is 23.9 Å². The average molecular weight is 970 g/mol. The molecule has 65 heavy (non-hydrogen) atoms. The van der Waals surface area contributed by atoms with E-state index in [-0.39, 0.29) is 57.8 Å². The van der Waals surface area contributed by atoms with Gasteiger partial charge < -0.3 is 5.32 Å². The maximum absolute atomic E-state index is 15.5. The zero-order chi connectivity index (χ0) is 47.0. The van der Waals surface area contributed by atoms with Crippen LogP contribution in [0.3, 0.4) is 0 Å². The van der Waals surface area contributed by atoms with Crippen LogP contribution in [0.5, 0.6) is 0 Å². The molecule has 4 aliphatic rings. The molecule has 1 unspecified atom stereocenters. The van der Waals surface area contributed by atoms with E-state index in [0.29, 0.717) is 47.7 Å². The van der Waals surface area contributed by atoms with E-state index < -0.39 is 112 Å². The molecule has 3 heterocycles. The first-order valence-electron chi connectivity index (χ1n) is 20.9. The van der Waals surface area contributed by atoms with Gasteiger partial charge in [-0.1, -0.05) is 23.7 Å². The minimum atomic E-state index is -5.10. The van der Waals surface area contributed by atoms with E-state index in [1.54, 1.807) is 39.0 Å². The topological polar surface area (TPSA) is 158 Å². The third-order valence-corrected chi connectivity index (χ3v) is 18.9. The van der Waals surface area contributed by atoms with Crippen molar-refractivity contribution in [2.45, 2.75) is 117 Å². The Morgan fingerprint density at radius 1 is 0.985 bits per heavy atom. The van der Waals surface area contributed by atoms with Crippen LogP contribution < -0.4 is 10.0 Å². The fourth-order valence-electron chi connectivity index (χ4n) is 9.06. The molecule has 348 valence electrons. The Kier molecular flexibility index (Phi) is 10.6. The molecule has 2 N–H and O–H groups in total. The number of nitrogens with one attached hydrogen (secondary N) is 2. The molecule has 0 aliphatic heterocycles. The summed E-state index contributed by atoms with van der Waals surface area (Å²) in [6.45, 7) is 3.72. The quantitative estimate of drug-likeness (QED) is 0.0988. The van der Waals surface area contributed by atoms with Gasteiger partial charge in [0.25, 0.3) is 5.92 Å². The maximum Gasteiger partial charge on any atom is 0.435 e. The van der Waals surface area contributed by atoms with Crippen LogP contribution in [-0.4, -0.2) is 62.0 Å². The number of anilines is 1. The fourth-order valence-corrected chi connectivity index (χ4v) is 12.6. The van der Waals surface area contributed by atoms with Crippen LogP contribution >= 0.6 is 11.6 Å². The van der Waals surface area contributed by atoms with Crippen LogP contribution in [0.2, 0.25) is 5.02 Å². The zero-order valence-corrected chi connectivity index (χ0v) is 37.7. The number of sulfonamides is 1. The zero-order valence-electron chi connectivity index (χ0n) is 35.3. The lowest BCUT2D eigenvalue weighted by molar-refractivity contribution is -0.142. The standard InChI is InChI=1S/C43H43ClF7N7O5S2/c1-40(2,64(60,61)25-6-7-25)12-11-24-5-8-26(27-9-10-30(44)34-36(27)57(4)55-39(34)56-65(62,63)41(3)13-14-41)35(52-24)31(17-21-15-22(45)18-23(46)16-21)53-32(59)20-58-38-33(37(54-58)43(49,50)51)28-19-29(28)42(38,47)48/h5,8-10,15-16,18,25,28-29,31H,6-7,11-14,17,19-20H2,1-4H3,(H,53,59)(H,55,56)/t28?,29-,31+/m1/s1. The molecule has 2 aromatic carbocycles. The van der Waals surface area contributed by atoms with E-state index in [1.165, 1.54) is 17.8 Å². The Morgan fingerprint density at radius 2 is 1.65 bits per heavy atom. The minimum absolute atomic E-state index is 0.000577. The van der Waals surface area contributed by atoms with Gasteiger partial charge in [0, 0.05) is 41.4 Å². The summed E-state index contributed by atoms with van der Waals surface area (Å²) in [4.78, 5) is 19.1. The average Bonchev–Trinajstić information content (AvgIpc) is 4.13. The summed E-state index contributed by atoms with van der Waals surface area (Å²) in [6, 6.07) is 7.53. The van der Waals surface area contributed by atoms with E-state index in [0.717, 1.165) is 12.1 Å². The number of alkyl halides is 5. The van der Waals surface area contributed by atoms with Gasteiger partial charge in [-0.25, -0.2) is 25.6 Å². The van der Waals surface area contributed by atoms with Crippen molar-refractivity contribution in [3.8, 4) is 11.1 Å². The molecule has 12 nitrogen and oxygen atoms in total. The van der Waals surface area contributed by atoms with Crippen LogP contribution in [0.25, 0.3) is 22.0 Å².